The average molecular weight is 467 g/mol. The van der Waals surface area contributed by atoms with Gasteiger partial charge in [0.15, 0.2) is 16.8 Å². The fraction of sp³-hybridized carbons (Fsp3) is 0.300. The van der Waals surface area contributed by atoms with Crippen molar-refractivity contribution in [2.45, 2.75) is 32.2 Å². The number of fused-ring (bicyclic) bond motifs is 1. The van der Waals surface area contributed by atoms with Gasteiger partial charge in [-0.1, -0.05) is 0 Å². The van der Waals surface area contributed by atoms with Gasteiger partial charge in [0.25, 0.3) is 11.8 Å². The van der Waals surface area contributed by atoms with Crippen molar-refractivity contribution in [2.75, 3.05) is 22.1 Å². The van der Waals surface area contributed by atoms with Crippen molar-refractivity contribution < 1.29 is 9.59 Å². The molecule has 12 nitrogen and oxygen atoms in total. The van der Waals surface area contributed by atoms with Gasteiger partial charge in [0, 0.05) is 29.9 Å². The maximum atomic E-state index is 13.3. The van der Waals surface area contributed by atoms with E-state index in [0.29, 0.717) is 41.2 Å². The summed E-state index contributed by atoms with van der Waals surface area (Å²) in [5.41, 5.74) is 5.35. The fourth-order valence-corrected chi connectivity index (χ4v) is 4.59. The van der Waals surface area contributed by atoms with Gasteiger partial charge in [-0.15, -0.1) is 16.4 Å². The fourth-order valence-electron chi connectivity index (χ4n) is 3.93. The number of rotatable bonds is 6. The van der Waals surface area contributed by atoms with Crippen LogP contribution in [0, 0.1) is 6.92 Å². The topological polar surface area (TPSA) is 159 Å². The van der Waals surface area contributed by atoms with Gasteiger partial charge >= 0.3 is 0 Å². The first-order chi connectivity index (χ1) is 15.8. The predicted molar refractivity (Wildman–Crippen MR) is 124 cm³/mol. The third-order valence-corrected chi connectivity index (χ3v) is 6.51. The van der Waals surface area contributed by atoms with E-state index in [9.17, 15) is 9.59 Å². The van der Waals surface area contributed by atoms with Crippen LogP contribution in [0.5, 0.6) is 0 Å². The molecule has 1 fully saturated rings. The highest BCUT2D eigenvalue weighted by atomic mass is 32.1. The number of carbonyl (C=O) groups excluding carboxylic acids is 2. The number of aryl methyl sites for hydroxylation is 1. The molecule has 2 amide bonds. The summed E-state index contributed by atoms with van der Waals surface area (Å²) in [7, 11) is 0. The van der Waals surface area contributed by atoms with Crippen LogP contribution in [0.25, 0.3) is 5.52 Å². The molecular weight excluding hydrogens is 444 g/mol. The van der Waals surface area contributed by atoms with Gasteiger partial charge < -0.3 is 16.0 Å². The Hall–Kier alpha value is -4.00. The van der Waals surface area contributed by atoms with Crippen molar-refractivity contribution in [2.24, 2.45) is 5.73 Å². The number of thiazole rings is 1. The Balaban J connectivity index is 1.48. The van der Waals surface area contributed by atoms with Crippen LogP contribution in [-0.2, 0) is 4.79 Å². The molecule has 13 heteroatoms. The number of nitrogens with two attached hydrogens (primary N) is 1. The van der Waals surface area contributed by atoms with Gasteiger partial charge in [-0.2, -0.15) is 10.1 Å². The van der Waals surface area contributed by atoms with Crippen molar-refractivity contribution in [1.29, 1.82) is 0 Å². The standard InChI is InChI=1S/C20H22N10O2S/c1-11-10-22-19(33-11)25-17(32)20(2)6-4-7-29(20)18-24-16(13-5-3-8-30(13)28-18)23-14-9-12(15(21)31)26-27-14/h3,5,8-10H,4,6-7H2,1-2H3,(H2,21,31)(H,22,25,32)(H2,23,24,26,27,28)/t20-/m0/s1. The molecule has 5 N–H and O–H groups in total. The van der Waals surface area contributed by atoms with E-state index in [1.807, 2.05) is 30.9 Å². The Morgan fingerprint density at radius 1 is 1.36 bits per heavy atom. The van der Waals surface area contributed by atoms with Crippen LogP contribution < -0.4 is 21.3 Å². The number of primary amides is 1. The SMILES string of the molecule is Cc1cnc(NC(=O)[C@]2(C)CCCN2c2nc(Nc3cc(C(N)=O)[nH]n3)c3cccn3n2)s1. The van der Waals surface area contributed by atoms with Crippen LogP contribution in [0.15, 0.2) is 30.6 Å². The number of hydrogen-bond donors (Lipinski definition) is 4. The predicted octanol–water partition coefficient (Wildman–Crippen LogP) is 2.06. The molecule has 0 bridgehead atoms. The van der Waals surface area contributed by atoms with Gasteiger partial charge in [0.05, 0.1) is 0 Å². The molecule has 1 aliphatic rings. The molecule has 5 rings (SSSR count). The second kappa shape index (κ2) is 7.85. The molecule has 0 aromatic carbocycles. The first-order valence-electron chi connectivity index (χ1n) is 10.3. The van der Waals surface area contributed by atoms with E-state index in [0.717, 1.165) is 11.3 Å². The Morgan fingerprint density at radius 3 is 2.94 bits per heavy atom. The minimum Gasteiger partial charge on any atom is -0.364 e. The van der Waals surface area contributed by atoms with Crippen molar-refractivity contribution >= 4 is 51.4 Å². The zero-order chi connectivity index (χ0) is 23.2. The second-order valence-electron chi connectivity index (χ2n) is 8.01. The average Bonchev–Trinajstić information content (AvgIpc) is 3.55. The highest BCUT2D eigenvalue weighted by Gasteiger charge is 2.45. The summed E-state index contributed by atoms with van der Waals surface area (Å²) in [5.74, 6) is 0.507. The largest absolute Gasteiger partial charge is 0.364 e. The Morgan fingerprint density at radius 2 is 2.21 bits per heavy atom. The van der Waals surface area contributed by atoms with E-state index in [1.54, 1.807) is 16.9 Å². The zero-order valence-corrected chi connectivity index (χ0v) is 18.8. The van der Waals surface area contributed by atoms with E-state index in [-0.39, 0.29) is 11.6 Å². The van der Waals surface area contributed by atoms with Gasteiger partial charge in [-0.05, 0) is 38.8 Å². The summed E-state index contributed by atoms with van der Waals surface area (Å²) in [6.07, 6.45) is 5.00. The zero-order valence-electron chi connectivity index (χ0n) is 18.0. The molecule has 0 radical (unpaired) electrons. The molecular formula is C20H22N10O2S. The number of carbonyl (C=O) groups is 2. The maximum Gasteiger partial charge on any atom is 0.266 e. The van der Waals surface area contributed by atoms with E-state index < -0.39 is 11.4 Å². The number of nitrogens with one attached hydrogen (secondary N) is 3. The highest BCUT2D eigenvalue weighted by Crippen LogP contribution is 2.35. The van der Waals surface area contributed by atoms with Crippen LogP contribution in [-0.4, -0.2) is 53.7 Å². The lowest BCUT2D eigenvalue weighted by molar-refractivity contribution is -0.120. The molecule has 33 heavy (non-hydrogen) atoms. The molecule has 0 saturated carbocycles. The summed E-state index contributed by atoms with van der Waals surface area (Å²) in [4.78, 5) is 36.5. The molecule has 0 aliphatic carbocycles. The number of aromatic amines is 1. The minimum absolute atomic E-state index is 0.154. The van der Waals surface area contributed by atoms with Gasteiger partial charge in [-0.3, -0.25) is 20.0 Å². The smallest absolute Gasteiger partial charge is 0.266 e. The van der Waals surface area contributed by atoms with E-state index in [2.05, 4.69) is 30.9 Å². The van der Waals surface area contributed by atoms with E-state index in [1.165, 1.54) is 17.4 Å². The van der Waals surface area contributed by atoms with Crippen LogP contribution in [0.4, 0.5) is 22.7 Å². The Bertz CT molecular complexity index is 1360. The molecule has 0 spiro atoms. The van der Waals surface area contributed by atoms with Crippen molar-refractivity contribution in [1.82, 2.24) is 29.8 Å². The molecule has 1 saturated heterocycles. The molecule has 1 atom stereocenters. The van der Waals surface area contributed by atoms with Crippen LogP contribution in [0.3, 0.4) is 0 Å². The lowest BCUT2D eigenvalue weighted by atomic mass is 9.98. The summed E-state index contributed by atoms with van der Waals surface area (Å²) in [6.45, 7) is 4.46. The lowest BCUT2D eigenvalue weighted by Gasteiger charge is -2.33. The normalized spacial score (nSPS) is 18.1. The summed E-state index contributed by atoms with van der Waals surface area (Å²) in [5, 5.41) is 17.9. The molecule has 4 aromatic heterocycles. The Labute approximate surface area is 192 Å². The second-order valence-corrected chi connectivity index (χ2v) is 9.25. The molecule has 0 unspecified atom stereocenters. The quantitative estimate of drug-likeness (QED) is 0.336. The number of amides is 2. The van der Waals surface area contributed by atoms with Crippen molar-refractivity contribution in [3.8, 4) is 0 Å². The first kappa shape index (κ1) is 20.9. The minimum atomic E-state index is -0.844. The van der Waals surface area contributed by atoms with Crippen LogP contribution in [0.1, 0.15) is 35.1 Å². The number of H-pyrrole nitrogens is 1. The molecule has 1 aliphatic heterocycles. The lowest BCUT2D eigenvalue weighted by Crippen LogP contribution is -2.51. The van der Waals surface area contributed by atoms with Crippen molar-refractivity contribution in [3.05, 3.63) is 41.2 Å². The number of nitrogens with zero attached hydrogens (tertiary/aromatic N) is 6. The van der Waals surface area contributed by atoms with Gasteiger partial charge in [0.2, 0.25) is 5.95 Å². The first-order valence-corrected chi connectivity index (χ1v) is 11.1. The molecule has 4 aromatic rings. The Kier molecular flexibility index (Phi) is 4.96. The molecule has 5 heterocycles. The summed E-state index contributed by atoms with van der Waals surface area (Å²) >= 11 is 1.43. The van der Waals surface area contributed by atoms with Gasteiger partial charge in [-0.25, -0.2) is 9.50 Å². The monoisotopic (exact) mass is 466 g/mol. The molecule has 170 valence electrons. The summed E-state index contributed by atoms with van der Waals surface area (Å²) < 4.78 is 1.69. The van der Waals surface area contributed by atoms with E-state index in [4.69, 9.17) is 10.7 Å². The third-order valence-electron chi connectivity index (χ3n) is 5.68. The number of hydrogen-bond acceptors (Lipinski definition) is 9. The van der Waals surface area contributed by atoms with Crippen LogP contribution in [0.2, 0.25) is 0 Å². The number of aromatic nitrogens is 6. The highest BCUT2D eigenvalue weighted by molar-refractivity contribution is 7.15. The maximum absolute atomic E-state index is 13.3. The van der Waals surface area contributed by atoms with Crippen molar-refractivity contribution in [3.63, 3.8) is 0 Å². The summed E-state index contributed by atoms with van der Waals surface area (Å²) in [6, 6.07) is 5.21. The third kappa shape index (κ3) is 3.75. The number of anilines is 4. The van der Waals surface area contributed by atoms with E-state index >= 15 is 0 Å². The van der Waals surface area contributed by atoms with Gasteiger partial charge in [0.1, 0.15) is 16.7 Å². The van der Waals surface area contributed by atoms with Crippen LogP contribution >= 0.6 is 11.3 Å².